The van der Waals surface area contributed by atoms with Crippen molar-refractivity contribution in [2.24, 2.45) is 0 Å². The van der Waals surface area contributed by atoms with E-state index in [0.717, 1.165) is 11.3 Å². The number of nitrogens with zero attached hydrogens (tertiary/aromatic N) is 1. The van der Waals surface area contributed by atoms with Gasteiger partial charge in [-0.25, -0.2) is 0 Å². The lowest BCUT2D eigenvalue weighted by atomic mass is 10.0. The molecule has 1 aromatic carbocycles. The Morgan fingerprint density at radius 2 is 2.18 bits per heavy atom. The molecule has 1 aromatic rings. The van der Waals surface area contributed by atoms with E-state index in [1.54, 1.807) is 0 Å². The summed E-state index contributed by atoms with van der Waals surface area (Å²) < 4.78 is 0. The van der Waals surface area contributed by atoms with Crippen molar-refractivity contribution in [3.8, 4) is 0 Å². The number of rotatable bonds is 3. The number of hydrogen-bond donors (Lipinski definition) is 1. The highest BCUT2D eigenvalue weighted by molar-refractivity contribution is 6.03. The minimum atomic E-state index is -0.00310. The highest BCUT2D eigenvalue weighted by atomic mass is 16.2. The molecule has 0 bridgehead atoms. The van der Waals surface area contributed by atoms with E-state index in [-0.39, 0.29) is 11.7 Å². The topological polar surface area (TPSA) is 49.4 Å². The van der Waals surface area contributed by atoms with Crippen LogP contribution >= 0.6 is 0 Å². The molecule has 0 aliphatic carbocycles. The Kier molecular flexibility index (Phi) is 3.42. The van der Waals surface area contributed by atoms with Crippen LogP contribution in [0.1, 0.15) is 23.7 Å². The number of likely N-dealkylation sites (N-methyl/N-ethyl adjacent to an activating group) is 1. The molecule has 0 saturated heterocycles. The molecule has 1 heterocycles. The van der Waals surface area contributed by atoms with Crippen LogP contribution < -0.4 is 10.2 Å². The zero-order chi connectivity index (χ0) is 12.3. The second-order valence-electron chi connectivity index (χ2n) is 4.07. The number of Topliss-reactive ketones (excluding diaryl/α,β-unsaturated/α-hetero) is 1. The highest BCUT2D eigenvalue weighted by Crippen LogP contribution is 2.26. The SMILES string of the molecule is CCNC(=O)CN1CCC(=O)c2ccccc21. The molecule has 0 radical (unpaired) electrons. The highest BCUT2D eigenvalue weighted by Gasteiger charge is 2.23. The van der Waals surface area contributed by atoms with Gasteiger partial charge >= 0.3 is 0 Å². The summed E-state index contributed by atoms with van der Waals surface area (Å²) in [6, 6.07) is 7.46. The fraction of sp³-hybridized carbons (Fsp3) is 0.385. The molecule has 1 aliphatic heterocycles. The lowest BCUT2D eigenvalue weighted by molar-refractivity contribution is -0.119. The Morgan fingerprint density at radius 3 is 2.94 bits per heavy atom. The molecular formula is C13H16N2O2. The van der Waals surface area contributed by atoms with E-state index in [4.69, 9.17) is 0 Å². The van der Waals surface area contributed by atoms with Crippen LogP contribution in [0.5, 0.6) is 0 Å². The monoisotopic (exact) mass is 232 g/mol. The van der Waals surface area contributed by atoms with Gasteiger partial charge in [0.05, 0.1) is 6.54 Å². The van der Waals surface area contributed by atoms with E-state index in [1.807, 2.05) is 36.1 Å². The molecule has 4 heteroatoms. The van der Waals surface area contributed by atoms with E-state index in [0.29, 0.717) is 26.1 Å². The van der Waals surface area contributed by atoms with Gasteiger partial charge in [0.1, 0.15) is 0 Å². The molecule has 2 rings (SSSR count). The first-order chi connectivity index (χ1) is 8.22. The molecule has 0 unspecified atom stereocenters. The van der Waals surface area contributed by atoms with Crippen molar-refractivity contribution in [3.63, 3.8) is 0 Å². The zero-order valence-corrected chi connectivity index (χ0v) is 9.90. The molecule has 0 aromatic heterocycles. The molecule has 4 nitrogen and oxygen atoms in total. The Hall–Kier alpha value is -1.84. The van der Waals surface area contributed by atoms with E-state index >= 15 is 0 Å². The number of amides is 1. The molecule has 0 saturated carbocycles. The fourth-order valence-corrected chi connectivity index (χ4v) is 2.07. The van der Waals surface area contributed by atoms with E-state index in [2.05, 4.69) is 5.32 Å². The average molecular weight is 232 g/mol. The maximum Gasteiger partial charge on any atom is 0.239 e. The molecule has 0 spiro atoms. The minimum Gasteiger partial charge on any atom is -0.361 e. The first-order valence-electron chi connectivity index (χ1n) is 5.86. The van der Waals surface area contributed by atoms with Crippen LogP contribution in [0.4, 0.5) is 5.69 Å². The van der Waals surface area contributed by atoms with E-state index in [9.17, 15) is 9.59 Å². The molecule has 1 aliphatic rings. The summed E-state index contributed by atoms with van der Waals surface area (Å²) >= 11 is 0. The molecule has 0 atom stereocenters. The normalized spacial score (nSPS) is 14.4. The maximum atomic E-state index is 11.7. The molecule has 0 fully saturated rings. The van der Waals surface area contributed by atoms with Gasteiger partial charge in [-0.3, -0.25) is 9.59 Å². The number of fused-ring (bicyclic) bond motifs is 1. The smallest absolute Gasteiger partial charge is 0.239 e. The summed E-state index contributed by atoms with van der Waals surface area (Å²) in [5, 5.41) is 2.77. The largest absolute Gasteiger partial charge is 0.361 e. The fourth-order valence-electron chi connectivity index (χ4n) is 2.07. The van der Waals surface area contributed by atoms with Crippen LogP contribution in [0.2, 0.25) is 0 Å². The molecule has 17 heavy (non-hydrogen) atoms. The van der Waals surface area contributed by atoms with E-state index in [1.165, 1.54) is 0 Å². The number of para-hydroxylation sites is 1. The second kappa shape index (κ2) is 4.99. The van der Waals surface area contributed by atoms with Gasteiger partial charge in [-0.15, -0.1) is 0 Å². The van der Waals surface area contributed by atoms with Gasteiger partial charge in [-0.2, -0.15) is 0 Å². The first-order valence-corrected chi connectivity index (χ1v) is 5.86. The third-order valence-corrected chi connectivity index (χ3v) is 2.86. The second-order valence-corrected chi connectivity index (χ2v) is 4.07. The quantitative estimate of drug-likeness (QED) is 0.852. The molecule has 1 amide bonds. The Morgan fingerprint density at radius 1 is 1.41 bits per heavy atom. The number of ketones is 1. The number of carbonyl (C=O) groups excluding carboxylic acids is 2. The number of carbonyl (C=O) groups is 2. The van der Waals surface area contributed by atoms with Crippen LogP contribution in [-0.4, -0.2) is 31.3 Å². The van der Waals surface area contributed by atoms with Gasteiger partial charge in [0.15, 0.2) is 5.78 Å². The van der Waals surface area contributed by atoms with Gasteiger partial charge < -0.3 is 10.2 Å². The van der Waals surface area contributed by atoms with Crippen LogP contribution in [0, 0.1) is 0 Å². The lowest BCUT2D eigenvalue weighted by Crippen LogP contribution is -2.40. The van der Waals surface area contributed by atoms with Crippen LogP contribution in [0.25, 0.3) is 0 Å². The maximum absolute atomic E-state index is 11.7. The Labute approximate surface area is 101 Å². The van der Waals surface area contributed by atoms with Crippen molar-refractivity contribution in [3.05, 3.63) is 29.8 Å². The predicted molar refractivity (Wildman–Crippen MR) is 66.3 cm³/mol. The zero-order valence-electron chi connectivity index (χ0n) is 9.90. The summed E-state index contributed by atoms with van der Waals surface area (Å²) in [6.45, 7) is 3.46. The number of hydrogen-bond acceptors (Lipinski definition) is 3. The van der Waals surface area contributed by atoms with Crippen molar-refractivity contribution >= 4 is 17.4 Å². The Bertz CT molecular complexity index is 443. The summed E-state index contributed by atoms with van der Waals surface area (Å²) in [4.78, 5) is 25.2. The first kappa shape index (κ1) is 11.6. The molecule has 90 valence electrons. The van der Waals surface area contributed by atoms with Gasteiger partial charge in [-0.1, -0.05) is 12.1 Å². The average Bonchev–Trinajstić information content (AvgIpc) is 2.34. The van der Waals surface area contributed by atoms with Gasteiger partial charge in [-0.05, 0) is 19.1 Å². The summed E-state index contributed by atoms with van der Waals surface area (Å²) in [6.07, 6.45) is 0.483. The molecular weight excluding hydrogens is 216 g/mol. The summed E-state index contributed by atoms with van der Waals surface area (Å²) in [5.41, 5.74) is 1.60. The summed E-state index contributed by atoms with van der Waals surface area (Å²) in [5.74, 6) is 0.157. The summed E-state index contributed by atoms with van der Waals surface area (Å²) in [7, 11) is 0. The lowest BCUT2D eigenvalue weighted by Gasteiger charge is -2.29. The number of anilines is 1. The van der Waals surface area contributed by atoms with Crippen LogP contribution in [0.15, 0.2) is 24.3 Å². The van der Waals surface area contributed by atoms with E-state index < -0.39 is 0 Å². The standard InChI is InChI=1S/C13H16N2O2/c1-2-14-13(17)9-15-8-7-12(16)10-5-3-4-6-11(10)15/h3-6H,2,7-9H2,1H3,(H,14,17). The van der Waals surface area contributed by atoms with Crippen molar-refractivity contribution in [2.45, 2.75) is 13.3 Å². The third kappa shape index (κ3) is 2.46. The van der Waals surface area contributed by atoms with Crippen LogP contribution in [-0.2, 0) is 4.79 Å². The number of nitrogens with one attached hydrogen (secondary N) is 1. The van der Waals surface area contributed by atoms with Crippen molar-refractivity contribution in [1.82, 2.24) is 5.32 Å². The van der Waals surface area contributed by atoms with Gasteiger partial charge in [0, 0.05) is 30.8 Å². The minimum absolute atomic E-state index is 0.00310. The van der Waals surface area contributed by atoms with Gasteiger partial charge in [0.25, 0.3) is 0 Å². The van der Waals surface area contributed by atoms with Crippen molar-refractivity contribution in [1.29, 1.82) is 0 Å². The predicted octanol–water partition coefficient (Wildman–Crippen LogP) is 1.22. The van der Waals surface area contributed by atoms with Crippen molar-refractivity contribution in [2.75, 3.05) is 24.5 Å². The van der Waals surface area contributed by atoms with Gasteiger partial charge in [0.2, 0.25) is 5.91 Å². The van der Waals surface area contributed by atoms with Crippen LogP contribution in [0.3, 0.4) is 0 Å². The third-order valence-electron chi connectivity index (χ3n) is 2.86. The van der Waals surface area contributed by atoms with Crippen molar-refractivity contribution < 1.29 is 9.59 Å². The Balaban J connectivity index is 2.18. The number of benzene rings is 1. The molecule has 1 N–H and O–H groups in total.